The molecule has 1 saturated heterocycles. The fourth-order valence-electron chi connectivity index (χ4n) is 3.65. The molecule has 3 rings (SSSR count). The number of aliphatic hydroxyl groups is 1. The predicted molar refractivity (Wildman–Crippen MR) is 93.6 cm³/mol. The lowest BCUT2D eigenvalue weighted by Crippen LogP contribution is -2.56. The van der Waals surface area contributed by atoms with Gasteiger partial charge in [0, 0.05) is 6.42 Å². The van der Waals surface area contributed by atoms with Crippen molar-refractivity contribution < 1.29 is 23.8 Å². The van der Waals surface area contributed by atoms with Crippen molar-refractivity contribution in [3.63, 3.8) is 0 Å². The van der Waals surface area contributed by atoms with E-state index in [4.69, 9.17) is 11.6 Å². The SMILES string of the molecule is O=C(O)N1C[C@H](F)[C@@H](O)[C@]1(Cc1ccccc1)Cc1cccc(Cl)c1F. The lowest BCUT2D eigenvalue weighted by atomic mass is 9.80. The number of nitrogens with zero attached hydrogens (tertiary/aromatic N) is 1. The molecular weight excluding hydrogens is 364 g/mol. The van der Waals surface area contributed by atoms with E-state index in [1.165, 1.54) is 18.2 Å². The lowest BCUT2D eigenvalue weighted by molar-refractivity contribution is 0.0127. The molecule has 1 amide bonds. The molecule has 1 aliphatic heterocycles. The van der Waals surface area contributed by atoms with E-state index in [1.54, 1.807) is 30.3 Å². The number of hydrogen-bond acceptors (Lipinski definition) is 2. The second kappa shape index (κ2) is 7.21. The van der Waals surface area contributed by atoms with Crippen molar-refractivity contribution in [1.82, 2.24) is 4.90 Å². The van der Waals surface area contributed by atoms with Gasteiger partial charge in [0.2, 0.25) is 0 Å². The van der Waals surface area contributed by atoms with E-state index in [2.05, 4.69) is 0 Å². The van der Waals surface area contributed by atoms with E-state index in [0.29, 0.717) is 5.56 Å². The van der Waals surface area contributed by atoms with Gasteiger partial charge in [-0.3, -0.25) is 4.90 Å². The van der Waals surface area contributed by atoms with Gasteiger partial charge in [-0.1, -0.05) is 54.1 Å². The first-order valence-electron chi connectivity index (χ1n) is 8.14. The number of carbonyl (C=O) groups is 1. The third-order valence-electron chi connectivity index (χ3n) is 4.90. The van der Waals surface area contributed by atoms with Crippen molar-refractivity contribution in [3.8, 4) is 0 Å². The molecule has 0 saturated carbocycles. The molecule has 1 fully saturated rings. The summed E-state index contributed by atoms with van der Waals surface area (Å²) >= 11 is 5.83. The second-order valence-electron chi connectivity index (χ2n) is 6.51. The zero-order valence-corrected chi connectivity index (χ0v) is 14.5. The third-order valence-corrected chi connectivity index (χ3v) is 5.19. The van der Waals surface area contributed by atoms with Crippen LogP contribution < -0.4 is 0 Å². The van der Waals surface area contributed by atoms with Crippen LogP contribution in [-0.2, 0) is 12.8 Å². The van der Waals surface area contributed by atoms with E-state index < -0.39 is 36.3 Å². The van der Waals surface area contributed by atoms with Crippen LogP contribution in [0.5, 0.6) is 0 Å². The van der Waals surface area contributed by atoms with Gasteiger partial charge in [0.25, 0.3) is 0 Å². The number of benzene rings is 2. The maximum absolute atomic E-state index is 14.4. The summed E-state index contributed by atoms with van der Waals surface area (Å²) in [6.07, 6.45) is -4.84. The summed E-state index contributed by atoms with van der Waals surface area (Å²) in [5.41, 5.74) is -0.680. The molecule has 3 atom stereocenters. The van der Waals surface area contributed by atoms with Gasteiger partial charge < -0.3 is 10.2 Å². The van der Waals surface area contributed by atoms with Crippen molar-refractivity contribution in [2.24, 2.45) is 0 Å². The van der Waals surface area contributed by atoms with Gasteiger partial charge >= 0.3 is 6.09 Å². The maximum atomic E-state index is 14.4. The van der Waals surface area contributed by atoms with Gasteiger partial charge in [0.15, 0.2) is 0 Å². The van der Waals surface area contributed by atoms with Crippen LogP contribution in [0.4, 0.5) is 13.6 Å². The van der Waals surface area contributed by atoms with Crippen molar-refractivity contribution >= 4 is 17.7 Å². The summed E-state index contributed by atoms with van der Waals surface area (Å²) in [6.45, 7) is -0.467. The number of carboxylic acid groups (broad SMARTS) is 1. The Morgan fingerprint density at radius 2 is 1.88 bits per heavy atom. The predicted octanol–water partition coefficient (Wildman–Crippen LogP) is 3.70. The van der Waals surface area contributed by atoms with E-state index in [9.17, 15) is 23.8 Å². The first-order chi connectivity index (χ1) is 12.3. The maximum Gasteiger partial charge on any atom is 0.407 e. The fourth-order valence-corrected chi connectivity index (χ4v) is 3.84. The van der Waals surface area contributed by atoms with Crippen molar-refractivity contribution in [2.75, 3.05) is 6.54 Å². The van der Waals surface area contributed by atoms with Crippen LogP contribution in [0.15, 0.2) is 48.5 Å². The summed E-state index contributed by atoms with van der Waals surface area (Å²) in [5, 5.41) is 20.1. The van der Waals surface area contributed by atoms with Crippen LogP contribution in [0.2, 0.25) is 5.02 Å². The fraction of sp³-hybridized carbons (Fsp3) is 0.316. The number of halogens is 3. The summed E-state index contributed by atoms with van der Waals surface area (Å²) in [7, 11) is 0. The summed E-state index contributed by atoms with van der Waals surface area (Å²) in [5.74, 6) is -0.693. The Morgan fingerprint density at radius 3 is 2.54 bits per heavy atom. The molecule has 0 aliphatic carbocycles. The van der Waals surface area contributed by atoms with Gasteiger partial charge in [-0.15, -0.1) is 0 Å². The van der Waals surface area contributed by atoms with Gasteiger partial charge in [-0.05, 0) is 23.6 Å². The second-order valence-corrected chi connectivity index (χ2v) is 6.92. The molecule has 0 spiro atoms. The number of aliphatic hydroxyl groups excluding tert-OH is 1. The molecule has 0 bridgehead atoms. The minimum absolute atomic E-state index is 0.0493. The van der Waals surface area contributed by atoms with Crippen molar-refractivity contribution in [2.45, 2.75) is 30.7 Å². The molecule has 1 aliphatic rings. The standard InChI is InChI=1S/C19H18ClF2NO3/c20-14-8-4-7-13(16(14)22)10-19(9-12-5-2-1-3-6-12)17(24)15(21)11-23(19)18(25)26/h1-8,15,17,24H,9-11H2,(H,25,26)/t15-,17+,19-/m0/s1. The zero-order chi connectivity index (χ0) is 18.9. The Labute approximate surface area is 154 Å². The van der Waals surface area contributed by atoms with Crippen LogP contribution in [0.25, 0.3) is 0 Å². The smallest absolute Gasteiger partial charge is 0.407 e. The quantitative estimate of drug-likeness (QED) is 0.849. The van der Waals surface area contributed by atoms with Gasteiger partial charge in [-0.2, -0.15) is 0 Å². The average Bonchev–Trinajstić information content (AvgIpc) is 2.85. The first kappa shape index (κ1) is 18.6. The largest absolute Gasteiger partial charge is 0.465 e. The molecule has 2 aromatic rings. The molecule has 0 aromatic heterocycles. The minimum Gasteiger partial charge on any atom is -0.465 e. The molecular formula is C19H18ClF2NO3. The molecule has 2 N–H and O–H groups in total. The molecule has 1 heterocycles. The summed E-state index contributed by atoms with van der Waals surface area (Å²) in [4.78, 5) is 12.7. The molecule has 138 valence electrons. The molecule has 26 heavy (non-hydrogen) atoms. The first-order valence-corrected chi connectivity index (χ1v) is 8.52. The number of alkyl halides is 1. The minimum atomic E-state index is -1.75. The zero-order valence-electron chi connectivity index (χ0n) is 13.8. The van der Waals surface area contributed by atoms with Crippen LogP contribution >= 0.6 is 11.6 Å². The van der Waals surface area contributed by atoms with Gasteiger partial charge in [-0.25, -0.2) is 13.6 Å². The number of likely N-dealkylation sites (tertiary alicyclic amines) is 1. The van der Waals surface area contributed by atoms with Crippen LogP contribution in [-0.4, -0.2) is 45.6 Å². The molecule has 0 unspecified atom stereocenters. The van der Waals surface area contributed by atoms with Crippen LogP contribution in [0.3, 0.4) is 0 Å². The highest BCUT2D eigenvalue weighted by atomic mass is 35.5. The Morgan fingerprint density at radius 1 is 1.19 bits per heavy atom. The molecule has 2 aromatic carbocycles. The third kappa shape index (κ3) is 3.27. The normalized spacial score (nSPS) is 25.5. The number of rotatable bonds is 4. The average molecular weight is 382 g/mol. The van der Waals surface area contributed by atoms with E-state index in [1.807, 2.05) is 0 Å². The van der Waals surface area contributed by atoms with Gasteiger partial charge in [0.05, 0.1) is 17.1 Å². The van der Waals surface area contributed by atoms with E-state index in [-0.39, 0.29) is 23.4 Å². The highest BCUT2D eigenvalue weighted by Gasteiger charge is 2.56. The topological polar surface area (TPSA) is 60.8 Å². The number of hydrogen-bond donors (Lipinski definition) is 2. The lowest BCUT2D eigenvalue weighted by Gasteiger charge is -2.39. The Bertz CT molecular complexity index is 805. The Hall–Kier alpha value is -2.18. The summed E-state index contributed by atoms with van der Waals surface area (Å²) < 4.78 is 28.8. The van der Waals surface area contributed by atoms with Crippen molar-refractivity contribution in [1.29, 1.82) is 0 Å². The highest BCUT2D eigenvalue weighted by molar-refractivity contribution is 6.30. The Balaban J connectivity index is 2.09. The molecule has 7 heteroatoms. The van der Waals surface area contributed by atoms with E-state index in [0.717, 1.165) is 4.90 Å². The van der Waals surface area contributed by atoms with Crippen molar-refractivity contribution in [3.05, 3.63) is 70.5 Å². The van der Waals surface area contributed by atoms with E-state index >= 15 is 0 Å². The van der Waals surface area contributed by atoms with Gasteiger partial charge in [0.1, 0.15) is 18.1 Å². The van der Waals surface area contributed by atoms with Crippen LogP contribution in [0.1, 0.15) is 11.1 Å². The van der Waals surface area contributed by atoms with Crippen LogP contribution in [0, 0.1) is 5.82 Å². The molecule has 0 radical (unpaired) electrons. The Kier molecular flexibility index (Phi) is 5.16. The summed E-state index contributed by atoms with van der Waals surface area (Å²) in [6, 6.07) is 13.2. The highest BCUT2D eigenvalue weighted by Crippen LogP contribution is 2.39. The molecule has 4 nitrogen and oxygen atoms in total. The number of amides is 1. The monoisotopic (exact) mass is 381 g/mol.